The number of alkyl halides is 3. The van der Waals surface area contributed by atoms with Crippen molar-refractivity contribution in [2.45, 2.75) is 32.4 Å². The number of halogens is 3. The van der Waals surface area contributed by atoms with Gasteiger partial charge in [-0.2, -0.15) is 13.2 Å². The second kappa shape index (κ2) is 8.37. The monoisotopic (exact) mass is 430 g/mol. The van der Waals surface area contributed by atoms with Crippen molar-refractivity contribution in [2.75, 3.05) is 23.3 Å². The van der Waals surface area contributed by atoms with E-state index in [4.69, 9.17) is 0 Å². The van der Waals surface area contributed by atoms with Gasteiger partial charge in [-0.15, -0.1) is 5.10 Å². The minimum absolute atomic E-state index is 0.156. The average Bonchev–Trinajstić information content (AvgIpc) is 3.28. The fourth-order valence-electron chi connectivity index (χ4n) is 3.74. The lowest BCUT2D eigenvalue weighted by Crippen LogP contribution is -2.30. The van der Waals surface area contributed by atoms with E-state index < -0.39 is 17.6 Å². The number of amides is 1. The molecule has 3 aromatic rings. The molecule has 2 aromatic carbocycles. The maximum Gasteiger partial charge on any atom is 0.416 e. The van der Waals surface area contributed by atoms with Gasteiger partial charge in [0.25, 0.3) is 5.91 Å². The van der Waals surface area contributed by atoms with Crippen LogP contribution in [0.2, 0.25) is 0 Å². The molecule has 2 heterocycles. The lowest BCUT2D eigenvalue weighted by Gasteiger charge is -2.31. The van der Waals surface area contributed by atoms with Crippen molar-refractivity contribution in [1.29, 1.82) is 0 Å². The molecular formula is C21H21F3N6O. The number of hydrogen-bond acceptors (Lipinski definition) is 5. The summed E-state index contributed by atoms with van der Waals surface area (Å²) in [5.41, 5.74) is 1.74. The van der Waals surface area contributed by atoms with Crippen LogP contribution in [0.5, 0.6) is 0 Å². The highest BCUT2D eigenvalue weighted by molar-refractivity contribution is 6.06. The quantitative estimate of drug-likeness (QED) is 0.670. The highest BCUT2D eigenvalue weighted by Crippen LogP contribution is 2.36. The number of benzene rings is 2. The van der Waals surface area contributed by atoms with Crippen LogP contribution in [0, 0.1) is 6.92 Å². The molecule has 4 rings (SSSR count). The third kappa shape index (κ3) is 4.52. The van der Waals surface area contributed by atoms with E-state index in [2.05, 4.69) is 20.8 Å². The van der Waals surface area contributed by atoms with Gasteiger partial charge < -0.3 is 10.2 Å². The van der Waals surface area contributed by atoms with Crippen LogP contribution in [0.3, 0.4) is 0 Å². The van der Waals surface area contributed by atoms with Crippen molar-refractivity contribution in [3.63, 3.8) is 0 Å². The fraction of sp³-hybridized carbons (Fsp3) is 0.333. The van der Waals surface area contributed by atoms with E-state index in [-0.39, 0.29) is 5.69 Å². The summed E-state index contributed by atoms with van der Waals surface area (Å²) in [6.07, 6.45) is -0.0379. The first kappa shape index (κ1) is 20.8. The number of nitrogens with one attached hydrogen (secondary N) is 1. The van der Waals surface area contributed by atoms with Gasteiger partial charge in [-0.05, 0) is 78.6 Å². The zero-order valence-corrected chi connectivity index (χ0v) is 16.9. The van der Waals surface area contributed by atoms with E-state index in [9.17, 15) is 18.0 Å². The zero-order chi connectivity index (χ0) is 22.0. The third-order valence-corrected chi connectivity index (χ3v) is 5.32. The number of nitrogens with zero attached hydrogens (tertiary/aromatic N) is 5. The normalized spacial score (nSPS) is 14.5. The van der Waals surface area contributed by atoms with E-state index >= 15 is 0 Å². The molecule has 31 heavy (non-hydrogen) atoms. The molecule has 0 atom stereocenters. The number of rotatable bonds is 4. The molecule has 1 aliphatic heterocycles. The number of aromatic nitrogens is 4. The number of hydrogen-bond donors (Lipinski definition) is 1. The molecule has 0 unspecified atom stereocenters. The van der Waals surface area contributed by atoms with Gasteiger partial charge in [0.2, 0.25) is 0 Å². The first-order valence-electron chi connectivity index (χ1n) is 9.94. The zero-order valence-electron chi connectivity index (χ0n) is 16.9. The number of aryl methyl sites for hydroxylation is 1. The minimum atomic E-state index is -4.50. The van der Waals surface area contributed by atoms with E-state index in [1.807, 2.05) is 4.90 Å². The molecule has 10 heteroatoms. The van der Waals surface area contributed by atoms with Crippen molar-refractivity contribution >= 4 is 17.3 Å². The molecule has 1 N–H and O–H groups in total. The van der Waals surface area contributed by atoms with Gasteiger partial charge in [0.1, 0.15) is 6.33 Å². The first-order valence-corrected chi connectivity index (χ1v) is 9.94. The molecule has 162 valence electrons. The topological polar surface area (TPSA) is 75.9 Å². The summed E-state index contributed by atoms with van der Waals surface area (Å²) < 4.78 is 41.3. The maximum absolute atomic E-state index is 13.3. The van der Waals surface area contributed by atoms with Gasteiger partial charge in [-0.25, -0.2) is 4.68 Å². The second-order valence-electron chi connectivity index (χ2n) is 7.49. The molecule has 7 nitrogen and oxygen atoms in total. The van der Waals surface area contributed by atoms with Crippen LogP contribution in [-0.2, 0) is 6.18 Å². The largest absolute Gasteiger partial charge is 0.416 e. The SMILES string of the molecule is Cc1cc(C(=O)Nc2cc(C(F)(F)F)ccc2N2CCCCC2)ccc1-n1cnnn1. The van der Waals surface area contributed by atoms with Crippen LogP contribution >= 0.6 is 0 Å². The average molecular weight is 430 g/mol. The Kier molecular flexibility index (Phi) is 5.62. The molecule has 0 bridgehead atoms. The highest BCUT2D eigenvalue weighted by atomic mass is 19.4. The Morgan fingerprint density at radius 1 is 1.03 bits per heavy atom. The molecule has 1 fully saturated rings. The van der Waals surface area contributed by atoms with Crippen molar-refractivity contribution in [3.8, 4) is 5.69 Å². The summed E-state index contributed by atoms with van der Waals surface area (Å²) in [7, 11) is 0. The van der Waals surface area contributed by atoms with Gasteiger partial charge in [0.15, 0.2) is 0 Å². The Morgan fingerprint density at radius 2 is 1.77 bits per heavy atom. The Morgan fingerprint density at radius 3 is 2.42 bits per heavy atom. The number of carbonyl (C=O) groups excluding carboxylic acids is 1. The standard InChI is InChI=1S/C21H21F3N6O/c1-14-11-15(5-7-18(14)30-13-25-27-28-30)20(31)26-17-12-16(21(22,23)24)6-8-19(17)29-9-3-2-4-10-29/h5-8,11-13H,2-4,9-10H2,1H3,(H,26,31). The van der Waals surface area contributed by atoms with Gasteiger partial charge in [0, 0.05) is 18.7 Å². The van der Waals surface area contributed by atoms with Crippen molar-refractivity contribution in [2.24, 2.45) is 0 Å². The number of carbonyl (C=O) groups is 1. The summed E-state index contributed by atoms with van der Waals surface area (Å²) >= 11 is 0. The second-order valence-corrected chi connectivity index (χ2v) is 7.49. The van der Waals surface area contributed by atoms with Crippen LogP contribution in [0.4, 0.5) is 24.5 Å². The van der Waals surface area contributed by atoms with Gasteiger partial charge >= 0.3 is 6.18 Å². The van der Waals surface area contributed by atoms with E-state index in [1.54, 1.807) is 25.1 Å². The number of tetrazole rings is 1. The first-order chi connectivity index (χ1) is 14.8. The maximum atomic E-state index is 13.3. The van der Waals surface area contributed by atoms with Crippen LogP contribution in [-0.4, -0.2) is 39.2 Å². The van der Waals surface area contributed by atoms with Crippen molar-refractivity contribution < 1.29 is 18.0 Å². The van der Waals surface area contributed by atoms with Gasteiger partial charge in [-0.1, -0.05) is 0 Å². The fourth-order valence-corrected chi connectivity index (χ4v) is 3.74. The number of anilines is 2. The summed E-state index contributed by atoms with van der Waals surface area (Å²) in [5.74, 6) is -0.482. The van der Waals surface area contributed by atoms with Crippen LogP contribution in [0.1, 0.15) is 40.7 Å². The molecule has 0 aliphatic carbocycles. The molecule has 1 saturated heterocycles. The van der Waals surface area contributed by atoms with Crippen LogP contribution in [0.25, 0.3) is 5.69 Å². The molecule has 1 aliphatic rings. The summed E-state index contributed by atoms with van der Waals surface area (Å²) in [6, 6.07) is 8.44. The lowest BCUT2D eigenvalue weighted by molar-refractivity contribution is -0.137. The van der Waals surface area contributed by atoms with Gasteiger partial charge in [0.05, 0.1) is 22.6 Å². The molecule has 0 saturated carbocycles. The Balaban J connectivity index is 1.64. The molecule has 0 spiro atoms. The minimum Gasteiger partial charge on any atom is -0.370 e. The summed E-state index contributed by atoms with van der Waals surface area (Å²) in [5, 5.41) is 13.7. The summed E-state index contributed by atoms with van der Waals surface area (Å²) in [6.45, 7) is 3.29. The van der Waals surface area contributed by atoms with Crippen molar-refractivity contribution in [1.82, 2.24) is 20.2 Å². The highest BCUT2D eigenvalue weighted by Gasteiger charge is 2.32. The number of piperidine rings is 1. The molecule has 1 amide bonds. The molecule has 1 aromatic heterocycles. The Labute approximate surface area is 176 Å². The van der Waals surface area contributed by atoms with E-state index in [0.717, 1.165) is 50.0 Å². The van der Waals surface area contributed by atoms with Gasteiger partial charge in [-0.3, -0.25) is 4.79 Å². The van der Waals surface area contributed by atoms with Crippen molar-refractivity contribution in [3.05, 3.63) is 59.4 Å². The van der Waals surface area contributed by atoms with E-state index in [0.29, 0.717) is 16.9 Å². The van der Waals surface area contributed by atoms with E-state index in [1.165, 1.54) is 17.1 Å². The lowest BCUT2D eigenvalue weighted by atomic mass is 10.1. The Hall–Kier alpha value is -3.43. The Bertz CT molecular complexity index is 1080. The van der Waals surface area contributed by atoms with Crippen LogP contribution in [0.15, 0.2) is 42.7 Å². The summed E-state index contributed by atoms with van der Waals surface area (Å²) in [4.78, 5) is 14.9. The predicted molar refractivity (Wildman–Crippen MR) is 109 cm³/mol. The molecular weight excluding hydrogens is 409 g/mol. The smallest absolute Gasteiger partial charge is 0.370 e. The third-order valence-electron chi connectivity index (χ3n) is 5.32. The molecule has 0 radical (unpaired) electrons. The van der Waals surface area contributed by atoms with Crippen LogP contribution < -0.4 is 10.2 Å². The predicted octanol–water partition coefficient (Wildman–Crippen LogP) is 4.23.